The Morgan fingerprint density at radius 2 is 0.962 bits per heavy atom. The quantitative estimate of drug-likeness (QED) is 0.615. The highest BCUT2D eigenvalue weighted by molar-refractivity contribution is 7.75. The van der Waals surface area contributed by atoms with Crippen molar-refractivity contribution in [3.63, 3.8) is 0 Å². The van der Waals surface area contributed by atoms with Gasteiger partial charge in [0.25, 0.3) is 0 Å². The lowest BCUT2D eigenvalue weighted by Gasteiger charge is -2.51. The second kappa shape index (κ2) is 5.79. The molecule has 1 rings (SSSR count). The second-order valence-corrected chi connectivity index (χ2v) is 5.44. The number of rotatable bonds is 4. The van der Waals surface area contributed by atoms with Crippen molar-refractivity contribution < 1.29 is 74.0 Å². The number of halogens is 14. The van der Waals surface area contributed by atoms with Gasteiger partial charge in [0.15, 0.2) is 6.61 Å². The third-order valence-electron chi connectivity index (χ3n) is 2.89. The first-order valence-corrected chi connectivity index (χ1v) is 6.49. The lowest BCUT2D eigenvalue weighted by Crippen LogP contribution is -2.84. The first-order valence-electron chi connectivity index (χ1n) is 5.49. The molecule has 18 heteroatoms. The molecule has 0 spiro atoms. The van der Waals surface area contributed by atoms with E-state index in [1.807, 2.05) is 0 Å². The minimum atomic E-state index is -7.55. The summed E-state index contributed by atoms with van der Waals surface area (Å²) in [7, 11) is 0. The van der Waals surface area contributed by atoms with Gasteiger partial charge in [-0.3, -0.25) is 4.18 Å². The summed E-state index contributed by atoms with van der Waals surface area (Å²) >= 11 is -4.75. The standard InChI is InChI=1S/C8H2F14O3S/c9-2(10,11)1-24-26(23)25-8(22)6(18,19)4(14,15)3(12,13)5(16,17)7(8,20)21/h1H2. The Morgan fingerprint density at radius 1 is 0.654 bits per heavy atom. The van der Waals surface area contributed by atoms with Gasteiger partial charge in [0, 0.05) is 0 Å². The molecule has 1 atom stereocenters. The van der Waals surface area contributed by atoms with Gasteiger partial charge in [-0.1, -0.05) is 0 Å². The van der Waals surface area contributed by atoms with Crippen molar-refractivity contribution in [1.82, 2.24) is 0 Å². The van der Waals surface area contributed by atoms with E-state index < -0.39 is 59.6 Å². The van der Waals surface area contributed by atoms with Crippen LogP contribution in [-0.2, 0) is 19.7 Å². The number of alkyl halides is 14. The largest absolute Gasteiger partial charge is 0.413 e. The highest BCUT2D eigenvalue weighted by Crippen LogP contribution is 2.69. The van der Waals surface area contributed by atoms with Crippen LogP contribution < -0.4 is 0 Å². The molecule has 1 saturated carbocycles. The van der Waals surface area contributed by atoms with Crippen LogP contribution in [0.2, 0.25) is 0 Å². The van der Waals surface area contributed by atoms with Gasteiger partial charge in [0.2, 0.25) is 0 Å². The van der Waals surface area contributed by atoms with E-state index in [0.717, 1.165) is 0 Å². The van der Waals surface area contributed by atoms with E-state index in [1.54, 1.807) is 0 Å². The van der Waals surface area contributed by atoms with Crippen LogP contribution in [0.4, 0.5) is 61.5 Å². The minimum absolute atomic E-state index is 2.36. The molecule has 3 nitrogen and oxygen atoms in total. The van der Waals surface area contributed by atoms with E-state index in [4.69, 9.17) is 0 Å². The Bertz CT molecular complexity index is 553. The van der Waals surface area contributed by atoms with Crippen LogP contribution in [-0.4, -0.2) is 52.5 Å². The van der Waals surface area contributed by atoms with Gasteiger partial charge in [0.05, 0.1) is 0 Å². The normalized spacial score (nSPS) is 29.2. The molecule has 0 bridgehead atoms. The summed E-state index contributed by atoms with van der Waals surface area (Å²) in [6.07, 6.45) is -5.47. The zero-order chi connectivity index (χ0) is 21.2. The van der Waals surface area contributed by atoms with Crippen LogP contribution in [0, 0.1) is 0 Å². The maximum Gasteiger partial charge on any atom is 0.413 e. The fourth-order valence-electron chi connectivity index (χ4n) is 1.53. The van der Waals surface area contributed by atoms with Crippen molar-refractivity contribution in [2.75, 3.05) is 6.61 Å². The number of hydrogen-bond donors (Lipinski definition) is 0. The highest BCUT2D eigenvalue weighted by Gasteiger charge is 3.02. The molecule has 156 valence electrons. The average Bonchev–Trinajstić information content (AvgIpc) is 2.42. The predicted molar refractivity (Wildman–Crippen MR) is 49.8 cm³/mol. The molecule has 1 unspecified atom stereocenters. The monoisotopic (exact) mass is 444 g/mol. The van der Waals surface area contributed by atoms with Crippen LogP contribution in [0.5, 0.6) is 0 Å². The van der Waals surface area contributed by atoms with E-state index in [9.17, 15) is 65.7 Å². The smallest absolute Gasteiger partial charge is 0.259 e. The van der Waals surface area contributed by atoms with E-state index in [-0.39, 0.29) is 0 Å². The Kier molecular flexibility index (Phi) is 5.15. The van der Waals surface area contributed by atoms with Crippen LogP contribution in [0.15, 0.2) is 0 Å². The molecular formula is C8H2F14O3S. The van der Waals surface area contributed by atoms with E-state index in [1.165, 1.54) is 0 Å². The molecule has 1 fully saturated rings. The Labute approximate surface area is 135 Å². The summed E-state index contributed by atoms with van der Waals surface area (Å²) < 4.78 is 195. The van der Waals surface area contributed by atoms with Gasteiger partial charge in [-0.05, 0) is 0 Å². The van der Waals surface area contributed by atoms with Crippen LogP contribution in [0.25, 0.3) is 0 Å². The SMILES string of the molecule is O=S(OCC(F)(F)F)OC1(F)C(F)(F)C(F)(F)C(F)(F)C(F)(F)C1(F)F. The molecule has 26 heavy (non-hydrogen) atoms. The third kappa shape index (κ3) is 2.74. The van der Waals surface area contributed by atoms with Crippen LogP contribution in [0.3, 0.4) is 0 Å². The third-order valence-corrected chi connectivity index (χ3v) is 3.56. The van der Waals surface area contributed by atoms with Gasteiger partial charge in [-0.2, -0.15) is 65.7 Å². The topological polar surface area (TPSA) is 35.5 Å². The van der Waals surface area contributed by atoms with E-state index in [2.05, 4.69) is 8.37 Å². The maximum atomic E-state index is 13.8. The van der Waals surface area contributed by atoms with Crippen molar-refractivity contribution in [1.29, 1.82) is 0 Å². The Balaban J connectivity index is 3.45. The molecule has 0 N–H and O–H groups in total. The van der Waals surface area contributed by atoms with Crippen LogP contribution >= 0.6 is 0 Å². The summed E-state index contributed by atoms with van der Waals surface area (Å²) in [5, 5.41) is 0. The summed E-state index contributed by atoms with van der Waals surface area (Å²) in [6.45, 7) is -2.78. The molecule has 0 aromatic carbocycles. The van der Waals surface area contributed by atoms with Crippen LogP contribution in [0.1, 0.15) is 0 Å². The summed E-state index contributed by atoms with van der Waals surface area (Å²) in [4.78, 5) is 0. The lowest BCUT2D eigenvalue weighted by atomic mass is 9.79. The van der Waals surface area contributed by atoms with Crippen molar-refractivity contribution >= 4 is 11.4 Å². The molecule has 1 aliphatic rings. The Hall–Kier alpha value is -0.910. The van der Waals surface area contributed by atoms with Crippen molar-refractivity contribution in [3.8, 4) is 0 Å². The molecule has 0 saturated heterocycles. The zero-order valence-corrected chi connectivity index (χ0v) is 11.9. The summed E-state index contributed by atoms with van der Waals surface area (Å²) in [5.41, 5.74) is 0. The maximum absolute atomic E-state index is 13.8. The van der Waals surface area contributed by atoms with Gasteiger partial charge in [-0.15, -0.1) is 0 Å². The fraction of sp³-hybridized carbons (Fsp3) is 1.00. The predicted octanol–water partition coefficient (Wildman–Crippen LogP) is 4.02. The van der Waals surface area contributed by atoms with Crippen molar-refractivity contribution in [3.05, 3.63) is 0 Å². The zero-order valence-electron chi connectivity index (χ0n) is 11.1. The summed E-state index contributed by atoms with van der Waals surface area (Å²) in [5.74, 6) is -44.8. The highest BCUT2D eigenvalue weighted by atomic mass is 32.2. The molecule has 1 aliphatic carbocycles. The fourth-order valence-corrected chi connectivity index (χ4v) is 2.20. The van der Waals surface area contributed by atoms with E-state index in [0.29, 0.717) is 0 Å². The first kappa shape index (κ1) is 23.1. The summed E-state index contributed by atoms with van der Waals surface area (Å²) in [6, 6.07) is 0. The van der Waals surface area contributed by atoms with Crippen molar-refractivity contribution in [2.45, 2.75) is 41.6 Å². The van der Waals surface area contributed by atoms with Gasteiger partial charge in [-0.25, -0.2) is 4.18 Å². The molecule has 0 aliphatic heterocycles. The molecule has 0 aromatic rings. The Morgan fingerprint density at radius 3 is 1.27 bits per heavy atom. The molecule has 0 amide bonds. The molecular weight excluding hydrogens is 442 g/mol. The van der Waals surface area contributed by atoms with Crippen molar-refractivity contribution in [2.24, 2.45) is 0 Å². The average molecular weight is 444 g/mol. The lowest BCUT2D eigenvalue weighted by molar-refractivity contribution is -0.513. The minimum Gasteiger partial charge on any atom is -0.259 e. The van der Waals surface area contributed by atoms with Gasteiger partial charge >= 0.3 is 53.0 Å². The van der Waals surface area contributed by atoms with Gasteiger partial charge in [0.1, 0.15) is 0 Å². The molecule has 0 heterocycles. The molecule has 0 aromatic heterocycles. The number of hydrogen-bond acceptors (Lipinski definition) is 3. The second-order valence-electron chi connectivity index (χ2n) is 4.63. The first-order chi connectivity index (χ1) is 11.1. The van der Waals surface area contributed by atoms with Gasteiger partial charge < -0.3 is 0 Å². The molecule has 0 radical (unpaired) electrons. The van der Waals surface area contributed by atoms with E-state index >= 15 is 0 Å².